The number of anilines is 1. The van der Waals surface area contributed by atoms with Crippen molar-refractivity contribution in [2.45, 2.75) is 24.3 Å². The van der Waals surface area contributed by atoms with E-state index in [4.69, 9.17) is 4.74 Å². The molecule has 3 rings (SSSR count). The number of ether oxygens (including phenoxy) is 1. The second-order valence-corrected chi connectivity index (χ2v) is 9.63. The number of benzene rings is 2. The van der Waals surface area contributed by atoms with Crippen LogP contribution in [0.4, 0.5) is 5.69 Å². The lowest BCUT2D eigenvalue weighted by molar-refractivity contribution is -0.123. The normalized spacial score (nSPS) is 14.4. The zero-order valence-corrected chi connectivity index (χ0v) is 18.6. The van der Waals surface area contributed by atoms with Gasteiger partial charge in [0.15, 0.2) is 6.61 Å². The van der Waals surface area contributed by atoms with Crippen molar-refractivity contribution in [1.29, 1.82) is 0 Å². The fourth-order valence-corrected chi connectivity index (χ4v) is 6.10. The van der Waals surface area contributed by atoms with Gasteiger partial charge in [0, 0.05) is 25.3 Å². The van der Waals surface area contributed by atoms with E-state index in [1.54, 1.807) is 0 Å². The molecule has 0 aliphatic carbocycles. The molecule has 1 N–H and O–H groups in total. The summed E-state index contributed by atoms with van der Waals surface area (Å²) < 4.78 is 6.17. The number of hydrogen-bond acceptors (Lipinski definition) is 5. The van der Waals surface area contributed by atoms with Gasteiger partial charge in [-0.3, -0.25) is 4.79 Å². The number of rotatable bonds is 10. The van der Waals surface area contributed by atoms with Crippen molar-refractivity contribution in [3.05, 3.63) is 60.2 Å². The van der Waals surface area contributed by atoms with Crippen LogP contribution in [-0.2, 0) is 4.79 Å². The smallest absolute Gasteiger partial charge is 0.257 e. The summed E-state index contributed by atoms with van der Waals surface area (Å²) in [5, 5.41) is 2.95. The van der Waals surface area contributed by atoms with Crippen LogP contribution in [-0.4, -0.2) is 43.7 Å². The predicted octanol–water partition coefficient (Wildman–Crippen LogP) is 4.97. The number of nitrogens with zero attached hydrogens (tertiary/aromatic N) is 1. The number of hydrogen-bond donors (Lipinski definition) is 1. The van der Waals surface area contributed by atoms with Crippen LogP contribution in [0.25, 0.3) is 0 Å². The molecule has 1 aliphatic heterocycles. The van der Waals surface area contributed by atoms with Gasteiger partial charge in [0.25, 0.3) is 5.91 Å². The Morgan fingerprint density at radius 1 is 1.10 bits per heavy atom. The van der Waals surface area contributed by atoms with Gasteiger partial charge in [-0.15, -0.1) is 23.5 Å². The van der Waals surface area contributed by atoms with Gasteiger partial charge in [-0.2, -0.15) is 0 Å². The van der Waals surface area contributed by atoms with Gasteiger partial charge in [-0.1, -0.05) is 30.3 Å². The molecule has 0 saturated carbocycles. The standard InChI is InChI=1S/C23H30N2O2S2/c1-2-25(20-8-4-3-5-9-20)15-6-14-24-22(26)18-27-21-12-10-19(11-13-21)23-28-16-7-17-29-23/h3-5,8-13,23H,2,6-7,14-18H2,1H3,(H,24,26). The highest BCUT2D eigenvalue weighted by atomic mass is 32.2. The number of nitrogens with one attached hydrogen (secondary N) is 1. The molecule has 1 aliphatic rings. The van der Waals surface area contributed by atoms with E-state index in [2.05, 4.69) is 53.5 Å². The van der Waals surface area contributed by atoms with Crippen molar-refractivity contribution in [3.63, 3.8) is 0 Å². The molecule has 0 unspecified atom stereocenters. The van der Waals surface area contributed by atoms with Crippen LogP contribution in [0.2, 0.25) is 0 Å². The number of thioether (sulfide) groups is 2. The minimum atomic E-state index is -0.0739. The van der Waals surface area contributed by atoms with Gasteiger partial charge in [-0.05, 0) is 61.1 Å². The lowest BCUT2D eigenvalue weighted by atomic mass is 10.2. The minimum Gasteiger partial charge on any atom is -0.484 e. The molecular formula is C23H30N2O2S2. The van der Waals surface area contributed by atoms with Gasteiger partial charge in [0.2, 0.25) is 0 Å². The van der Waals surface area contributed by atoms with Crippen molar-refractivity contribution in [2.75, 3.05) is 42.6 Å². The largest absolute Gasteiger partial charge is 0.484 e. The molecule has 0 bridgehead atoms. The van der Waals surface area contributed by atoms with Crippen LogP contribution >= 0.6 is 23.5 Å². The highest BCUT2D eigenvalue weighted by molar-refractivity contribution is 8.16. The fourth-order valence-electron chi connectivity index (χ4n) is 3.21. The summed E-state index contributed by atoms with van der Waals surface area (Å²) >= 11 is 4.02. The summed E-state index contributed by atoms with van der Waals surface area (Å²) in [6.45, 7) is 4.73. The third-order valence-electron chi connectivity index (χ3n) is 4.78. The highest BCUT2D eigenvalue weighted by Gasteiger charge is 2.16. The van der Waals surface area contributed by atoms with E-state index < -0.39 is 0 Å². The van der Waals surface area contributed by atoms with E-state index in [1.165, 1.54) is 29.2 Å². The molecule has 0 spiro atoms. The third-order valence-corrected chi connectivity index (χ3v) is 7.79. The topological polar surface area (TPSA) is 41.6 Å². The first-order chi connectivity index (χ1) is 14.3. The van der Waals surface area contributed by atoms with E-state index in [1.807, 2.05) is 41.7 Å². The van der Waals surface area contributed by atoms with E-state index in [0.717, 1.165) is 25.3 Å². The lowest BCUT2D eigenvalue weighted by Gasteiger charge is -2.23. The van der Waals surface area contributed by atoms with E-state index in [0.29, 0.717) is 11.1 Å². The molecule has 29 heavy (non-hydrogen) atoms. The molecule has 1 saturated heterocycles. The number of para-hydroxylation sites is 1. The summed E-state index contributed by atoms with van der Waals surface area (Å²) in [5.74, 6) is 3.14. The van der Waals surface area contributed by atoms with Crippen LogP contribution in [0.1, 0.15) is 29.9 Å². The van der Waals surface area contributed by atoms with Crippen molar-refractivity contribution in [2.24, 2.45) is 0 Å². The molecule has 0 radical (unpaired) electrons. The SMILES string of the molecule is CCN(CCCNC(=O)COc1ccc(C2SCCCS2)cc1)c1ccccc1. The molecule has 156 valence electrons. The fraction of sp³-hybridized carbons (Fsp3) is 0.435. The van der Waals surface area contributed by atoms with Gasteiger partial charge < -0.3 is 15.0 Å². The van der Waals surface area contributed by atoms with Gasteiger partial charge in [-0.25, -0.2) is 0 Å². The van der Waals surface area contributed by atoms with E-state index >= 15 is 0 Å². The number of amides is 1. The van der Waals surface area contributed by atoms with Crippen LogP contribution in [0.15, 0.2) is 54.6 Å². The van der Waals surface area contributed by atoms with Crippen molar-refractivity contribution >= 4 is 35.1 Å². The van der Waals surface area contributed by atoms with E-state index in [-0.39, 0.29) is 12.5 Å². The summed E-state index contributed by atoms with van der Waals surface area (Å²) in [6, 6.07) is 18.5. The molecule has 1 amide bonds. The second-order valence-electron chi connectivity index (χ2n) is 6.90. The van der Waals surface area contributed by atoms with Crippen LogP contribution in [0, 0.1) is 0 Å². The van der Waals surface area contributed by atoms with Crippen LogP contribution < -0.4 is 15.0 Å². The van der Waals surface area contributed by atoms with Crippen LogP contribution in [0.5, 0.6) is 5.75 Å². The Labute approximate surface area is 182 Å². The van der Waals surface area contributed by atoms with Gasteiger partial charge in [0.1, 0.15) is 5.75 Å². The van der Waals surface area contributed by atoms with Gasteiger partial charge >= 0.3 is 0 Å². The third kappa shape index (κ3) is 7.19. The lowest BCUT2D eigenvalue weighted by Crippen LogP contribution is -2.32. The number of carbonyl (C=O) groups is 1. The maximum Gasteiger partial charge on any atom is 0.257 e. The quantitative estimate of drug-likeness (QED) is 0.539. The van der Waals surface area contributed by atoms with Crippen LogP contribution in [0.3, 0.4) is 0 Å². The maximum absolute atomic E-state index is 12.1. The second kappa shape index (κ2) is 12.0. The Balaban J connectivity index is 1.33. The zero-order valence-electron chi connectivity index (χ0n) is 17.0. The zero-order chi connectivity index (χ0) is 20.3. The summed E-state index contributed by atoms with van der Waals surface area (Å²) in [6.07, 6.45) is 2.20. The molecule has 1 heterocycles. The average molecular weight is 431 g/mol. The Morgan fingerprint density at radius 3 is 2.52 bits per heavy atom. The Hall–Kier alpha value is -1.79. The summed E-state index contributed by atoms with van der Waals surface area (Å²) in [7, 11) is 0. The molecule has 2 aromatic rings. The van der Waals surface area contributed by atoms with E-state index in [9.17, 15) is 4.79 Å². The summed E-state index contributed by atoms with van der Waals surface area (Å²) in [4.78, 5) is 14.4. The highest BCUT2D eigenvalue weighted by Crippen LogP contribution is 2.43. The monoisotopic (exact) mass is 430 g/mol. The Morgan fingerprint density at radius 2 is 1.83 bits per heavy atom. The molecule has 0 atom stereocenters. The predicted molar refractivity (Wildman–Crippen MR) is 126 cm³/mol. The first kappa shape index (κ1) is 21.9. The molecular weight excluding hydrogens is 400 g/mol. The average Bonchev–Trinajstić information content (AvgIpc) is 2.79. The molecule has 6 heteroatoms. The minimum absolute atomic E-state index is 0.0580. The molecule has 1 fully saturated rings. The Kier molecular flexibility index (Phi) is 9.09. The van der Waals surface area contributed by atoms with Crippen molar-refractivity contribution in [1.82, 2.24) is 5.32 Å². The maximum atomic E-state index is 12.1. The van der Waals surface area contributed by atoms with Gasteiger partial charge in [0.05, 0.1) is 4.58 Å². The number of carbonyl (C=O) groups excluding carboxylic acids is 1. The summed E-state index contributed by atoms with van der Waals surface area (Å²) in [5.41, 5.74) is 2.55. The first-order valence-corrected chi connectivity index (χ1v) is 12.4. The Bertz CT molecular complexity index is 734. The van der Waals surface area contributed by atoms with Crippen molar-refractivity contribution in [3.8, 4) is 5.75 Å². The molecule has 0 aromatic heterocycles. The molecule has 2 aromatic carbocycles. The molecule has 4 nitrogen and oxygen atoms in total. The first-order valence-electron chi connectivity index (χ1n) is 10.3. The van der Waals surface area contributed by atoms with Crippen molar-refractivity contribution < 1.29 is 9.53 Å².